The van der Waals surface area contributed by atoms with Crippen LogP contribution in [0.15, 0.2) is 72.8 Å². The average Bonchev–Trinajstić information content (AvgIpc) is 3.35. The van der Waals surface area contributed by atoms with Crippen LogP contribution in [-0.4, -0.2) is 29.3 Å². The molecule has 1 heterocycles. The minimum absolute atomic E-state index is 0.233. The van der Waals surface area contributed by atoms with Gasteiger partial charge < -0.3 is 20.1 Å². The summed E-state index contributed by atoms with van der Waals surface area (Å²) in [7, 11) is 1.38. The quantitative estimate of drug-likeness (QED) is 0.235. The van der Waals surface area contributed by atoms with Gasteiger partial charge in [0.2, 0.25) is 0 Å². The van der Waals surface area contributed by atoms with Crippen molar-refractivity contribution in [3.8, 4) is 22.1 Å². The first kappa shape index (κ1) is 25.2. The van der Waals surface area contributed by atoms with Crippen LogP contribution in [0.1, 0.15) is 17.8 Å². The van der Waals surface area contributed by atoms with Crippen LogP contribution in [-0.2, 0) is 16.0 Å². The number of urea groups is 1. The molecule has 184 valence electrons. The second-order valence-electron chi connectivity index (χ2n) is 7.64. The average molecular weight is 523 g/mol. The molecule has 10 heteroatoms. The Hall–Kier alpha value is -3.95. The van der Waals surface area contributed by atoms with Gasteiger partial charge in [-0.1, -0.05) is 41.1 Å². The van der Waals surface area contributed by atoms with Crippen LogP contribution in [0.25, 0.3) is 10.6 Å². The Morgan fingerprint density at radius 3 is 2.50 bits per heavy atom. The van der Waals surface area contributed by atoms with E-state index in [1.54, 1.807) is 30.3 Å². The van der Waals surface area contributed by atoms with Crippen LogP contribution in [0.5, 0.6) is 11.5 Å². The number of rotatable bonds is 9. The topological polar surface area (TPSA) is 102 Å². The molecule has 4 aromatic rings. The molecule has 0 aliphatic carbocycles. The molecule has 0 radical (unpaired) electrons. The van der Waals surface area contributed by atoms with Gasteiger partial charge in [-0.2, -0.15) is 0 Å². The van der Waals surface area contributed by atoms with E-state index in [9.17, 15) is 9.59 Å². The highest BCUT2D eigenvalue weighted by molar-refractivity contribution is 7.14. The number of hydrogen-bond acceptors (Lipinski definition) is 7. The fourth-order valence-corrected chi connectivity index (χ4v) is 4.29. The monoisotopic (exact) mass is 522 g/mol. The van der Waals surface area contributed by atoms with Crippen molar-refractivity contribution in [3.05, 3.63) is 82.8 Å². The number of nitrogens with zero attached hydrogens (tertiary/aromatic N) is 2. The molecule has 0 saturated heterocycles. The minimum Gasteiger partial charge on any atom is -0.469 e. The molecule has 0 saturated carbocycles. The number of ether oxygens (including phenoxy) is 2. The number of benzene rings is 3. The second-order valence-corrected chi connectivity index (χ2v) is 9.14. The Balaban J connectivity index is 1.35. The maximum Gasteiger partial charge on any atom is 0.323 e. The number of hydrogen-bond donors (Lipinski definition) is 2. The third-order valence-electron chi connectivity index (χ3n) is 5.02. The zero-order valence-corrected chi connectivity index (χ0v) is 20.9. The van der Waals surface area contributed by atoms with Crippen LogP contribution in [0.2, 0.25) is 5.02 Å². The van der Waals surface area contributed by atoms with Gasteiger partial charge in [0.15, 0.2) is 5.75 Å². The summed E-state index contributed by atoms with van der Waals surface area (Å²) in [6.07, 6.45) is 1.67. The molecule has 1 aromatic heterocycles. The molecule has 0 atom stereocenters. The van der Waals surface area contributed by atoms with Crippen molar-refractivity contribution in [1.82, 2.24) is 10.2 Å². The van der Waals surface area contributed by atoms with Crippen LogP contribution < -0.4 is 15.4 Å². The van der Waals surface area contributed by atoms with Gasteiger partial charge in [-0.3, -0.25) is 4.79 Å². The second kappa shape index (κ2) is 12.1. The first-order valence-corrected chi connectivity index (χ1v) is 12.3. The largest absolute Gasteiger partial charge is 0.469 e. The van der Waals surface area contributed by atoms with Crippen molar-refractivity contribution in [2.45, 2.75) is 19.3 Å². The van der Waals surface area contributed by atoms with E-state index < -0.39 is 6.03 Å². The predicted octanol–water partition coefficient (Wildman–Crippen LogP) is 6.79. The fourth-order valence-electron chi connectivity index (χ4n) is 3.24. The normalized spacial score (nSPS) is 10.5. The summed E-state index contributed by atoms with van der Waals surface area (Å²) in [5.41, 5.74) is 1.97. The van der Waals surface area contributed by atoms with Gasteiger partial charge in [-0.25, -0.2) is 4.79 Å². The molecule has 2 amide bonds. The molecular formula is C26H23ClN4O4S. The zero-order chi connectivity index (χ0) is 25.3. The summed E-state index contributed by atoms with van der Waals surface area (Å²) in [4.78, 5) is 23.9. The number of para-hydroxylation sites is 1. The number of aromatic nitrogens is 2. The highest BCUT2D eigenvalue weighted by Crippen LogP contribution is 2.32. The number of halogens is 1. The number of carbonyl (C=O) groups is 2. The number of esters is 1. The zero-order valence-electron chi connectivity index (χ0n) is 19.4. The summed E-state index contributed by atoms with van der Waals surface area (Å²) < 4.78 is 10.5. The molecular weight excluding hydrogens is 500 g/mol. The number of amides is 2. The highest BCUT2D eigenvalue weighted by atomic mass is 35.5. The lowest BCUT2D eigenvalue weighted by atomic mass is 10.2. The molecule has 0 aliphatic heterocycles. The van der Waals surface area contributed by atoms with Gasteiger partial charge in [0.05, 0.1) is 12.8 Å². The summed E-state index contributed by atoms with van der Waals surface area (Å²) in [6.45, 7) is 0. The predicted molar refractivity (Wildman–Crippen MR) is 141 cm³/mol. The van der Waals surface area contributed by atoms with E-state index in [1.165, 1.54) is 18.4 Å². The van der Waals surface area contributed by atoms with Crippen LogP contribution >= 0.6 is 22.9 Å². The lowest BCUT2D eigenvalue weighted by Gasteiger charge is -2.13. The number of carbonyl (C=O) groups excluding carboxylic acids is 2. The van der Waals surface area contributed by atoms with E-state index in [4.69, 9.17) is 16.3 Å². The molecule has 8 nitrogen and oxygen atoms in total. The lowest BCUT2D eigenvalue weighted by molar-refractivity contribution is -0.140. The Labute approximate surface area is 217 Å². The van der Waals surface area contributed by atoms with Crippen LogP contribution in [0.4, 0.5) is 16.2 Å². The van der Waals surface area contributed by atoms with Crippen molar-refractivity contribution in [2.24, 2.45) is 0 Å². The van der Waals surface area contributed by atoms with E-state index in [0.717, 1.165) is 15.6 Å². The number of methoxy groups -OCH3 is 1. The number of anilines is 2. The van der Waals surface area contributed by atoms with Crippen molar-refractivity contribution in [2.75, 3.05) is 17.7 Å². The number of nitrogens with one attached hydrogen (secondary N) is 2. The lowest BCUT2D eigenvalue weighted by Crippen LogP contribution is -2.19. The van der Waals surface area contributed by atoms with E-state index in [-0.39, 0.29) is 5.97 Å². The van der Waals surface area contributed by atoms with Crippen molar-refractivity contribution < 1.29 is 19.1 Å². The summed E-state index contributed by atoms with van der Waals surface area (Å²) in [6, 6.07) is 21.1. The molecule has 0 aliphatic rings. The summed E-state index contributed by atoms with van der Waals surface area (Å²) >= 11 is 7.60. The third kappa shape index (κ3) is 7.03. The Kier molecular flexibility index (Phi) is 8.48. The number of aryl methyl sites for hydroxylation is 1. The molecule has 0 unspecified atom stereocenters. The molecule has 0 spiro atoms. The molecule has 36 heavy (non-hydrogen) atoms. The molecule has 3 aromatic carbocycles. The van der Waals surface area contributed by atoms with Gasteiger partial charge in [0.25, 0.3) is 0 Å². The van der Waals surface area contributed by atoms with Crippen molar-refractivity contribution >= 4 is 46.3 Å². The van der Waals surface area contributed by atoms with E-state index in [0.29, 0.717) is 47.2 Å². The first-order valence-electron chi connectivity index (χ1n) is 11.1. The van der Waals surface area contributed by atoms with Crippen LogP contribution in [0.3, 0.4) is 0 Å². The fraction of sp³-hybridized carbons (Fsp3) is 0.154. The molecule has 0 fully saturated rings. The van der Waals surface area contributed by atoms with Crippen molar-refractivity contribution in [1.29, 1.82) is 0 Å². The maximum atomic E-state index is 12.6. The third-order valence-corrected chi connectivity index (χ3v) is 6.29. The highest BCUT2D eigenvalue weighted by Gasteiger charge is 2.12. The molecule has 4 rings (SSSR count). The van der Waals surface area contributed by atoms with Gasteiger partial charge in [0.1, 0.15) is 15.8 Å². The van der Waals surface area contributed by atoms with E-state index >= 15 is 0 Å². The Morgan fingerprint density at radius 2 is 1.75 bits per heavy atom. The SMILES string of the molecule is COC(=O)CCCc1nnc(-c2ccc(NC(=O)Nc3ccc(Cl)cc3Oc3ccccc3)cc2)s1. The Bertz CT molecular complexity index is 1330. The standard InChI is InChI=1S/C26H23ClN4O4S/c1-34-24(32)9-5-8-23-30-31-25(36-23)17-10-13-19(14-11-17)28-26(33)29-21-15-12-18(27)16-22(21)35-20-6-3-2-4-7-20/h2-4,6-7,10-16H,5,8-9H2,1H3,(H2,28,29,33). The smallest absolute Gasteiger partial charge is 0.323 e. The van der Waals surface area contributed by atoms with Gasteiger partial charge in [-0.15, -0.1) is 10.2 Å². The molecule has 2 N–H and O–H groups in total. The Morgan fingerprint density at radius 1 is 0.972 bits per heavy atom. The van der Waals surface area contributed by atoms with E-state index in [1.807, 2.05) is 42.5 Å². The minimum atomic E-state index is -0.424. The maximum absolute atomic E-state index is 12.6. The van der Waals surface area contributed by atoms with Crippen LogP contribution in [0, 0.1) is 0 Å². The van der Waals surface area contributed by atoms with Gasteiger partial charge >= 0.3 is 12.0 Å². The van der Waals surface area contributed by atoms with Gasteiger partial charge in [0, 0.05) is 35.2 Å². The molecule has 0 bridgehead atoms. The van der Waals surface area contributed by atoms with E-state index in [2.05, 4.69) is 25.6 Å². The summed E-state index contributed by atoms with van der Waals surface area (Å²) in [5.74, 6) is 0.822. The first-order chi connectivity index (χ1) is 17.5. The van der Waals surface area contributed by atoms with Gasteiger partial charge in [-0.05, 0) is 55.0 Å². The van der Waals surface area contributed by atoms with Crippen molar-refractivity contribution in [3.63, 3.8) is 0 Å². The summed E-state index contributed by atoms with van der Waals surface area (Å²) in [5, 5.41) is 16.1.